The van der Waals surface area contributed by atoms with Gasteiger partial charge in [0.05, 0.1) is 6.42 Å². The summed E-state index contributed by atoms with van der Waals surface area (Å²) >= 11 is 0. The topological polar surface area (TPSA) is 66.4 Å². The van der Waals surface area contributed by atoms with E-state index in [4.69, 9.17) is 5.11 Å². The molecule has 0 aliphatic carbocycles. The van der Waals surface area contributed by atoms with Crippen LogP contribution in [0.15, 0.2) is 24.3 Å². The molecule has 0 radical (unpaired) electrons. The summed E-state index contributed by atoms with van der Waals surface area (Å²) in [7, 11) is 0. The van der Waals surface area contributed by atoms with Crippen molar-refractivity contribution >= 4 is 11.9 Å². The maximum Gasteiger partial charge on any atom is 0.303 e. The van der Waals surface area contributed by atoms with Gasteiger partial charge in [-0.25, -0.2) is 0 Å². The highest BCUT2D eigenvalue weighted by Gasteiger charge is 2.09. The van der Waals surface area contributed by atoms with E-state index in [9.17, 15) is 9.59 Å². The van der Waals surface area contributed by atoms with E-state index in [1.807, 2.05) is 38.1 Å². The first-order valence-corrected chi connectivity index (χ1v) is 6.54. The fourth-order valence-electron chi connectivity index (χ4n) is 1.94. The van der Waals surface area contributed by atoms with Crippen LogP contribution < -0.4 is 5.32 Å². The van der Waals surface area contributed by atoms with Crippen molar-refractivity contribution in [3.05, 3.63) is 35.4 Å². The van der Waals surface area contributed by atoms with Gasteiger partial charge < -0.3 is 10.4 Å². The summed E-state index contributed by atoms with van der Waals surface area (Å²) in [5, 5.41) is 11.4. The predicted octanol–water partition coefficient (Wildman–Crippen LogP) is 2.30. The molecule has 0 bridgehead atoms. The summed E-state index contributed by atoms with van der Waals surface area (Å²) in [6.07, 6.45) is 1.79. The van der Waals surface area contributed by atoms with Crippen LogP contribution >= 0.6 is 0 Å². The summed E-state index contributed by atoms with van der Waals surface area (Å²) < 4.78 is 0. The Morgan fingerprint density at radius 2 is 2.00 bits per heavy atom. The predicted molar refractivity (Wildman–Crippen MR) is 74.0 cm³/mol. The van der Waals surface area contributed by atoms with Gasteiger partial charge in [0.15, 0.2) is 0 Å². The fraction of sp³-hybridized carbons (Fsp3) is 0.467. The Hall–Kier alpha value is -1.84. The normalized spacial score (nSPS) is 11.9. The second kappa shape index (κ2) is 7.56. The molecule has 1 atom stereocenters. The number of rotatable bonds is 7. The Morgan fingerprint density at radius 1 is 1.32 bits per heavy atom. The number of carboxylic acid groups (broad SMARTS) is 1. The molecule has 0 aliphatic rings. The van der Waals surface area contributed by atoms with Crippen molar-refractivity contribution in [3.63, 3.8) is 0 Å². The molecule has 2 N–H and O–H groups in total. The molecule has 0 aromatic heterocycles. The van der Waals surface area contributed by atoms with Crippen LogP contribution in [0.25, 0.3) is 0 Å². The van der Waals surface area contributed by atoms with Crippen LogP contribution in [-0.4, -0.2) is 23.0 Å². The Labute approximate surface area is 113 Å². The second-order valence-electron chi connectivity index (χ2n) is 4.86. The van der Waals surface area contributed by atoms with Crippen LogP contribution in [0.3, 0.4) is 0 Å². The summed E-state index contributed by atoms with van der Waals surface area (Å²) in [6.45, 7) is 3.89. The van der Waals surface area contributed by atoms with Gasteiger partial charge in [0, 0.05) is 12.5 Å². The number of aliphatic carboxylic acids is 1. The lowest BCUT2D eigenvalue weighted by atomic mass is 10.1. The molecule has 1 unspecified atom stereocenters. The molecule has 1 rings (SSSR count). The third kappa shape index (κ3) is 6.04. The molecule has 0 heterocycles. The van der Waals surface area contributed by atoms with Crippen LogP contribution in [0.5, 0.6) is 0 Å². The SMILES string of the molecule is Cc1ccccc1CC(=O)NC(C)CCCC(=O)O. The monoisotopic (exact) mass is 263 g/mol. The molecule has 1 aromatic carbocycles. The molecule has 4 heteroatoms. The van der Waals surface area contributed by atoms with Gasteiger partial charge in [-0.15, -0.1) is 0 Å². The zero-order valence-electron chi connectivity index (χ0n) is 11.5. The molecule has 1 amide bonds. The van der Waals surface area contributed by atoms with Gasteiger partial charge in [-0.2, -0.15) is 0 Å². The largest absolute Gasteiger partial charge is 0.481 e. The summed E-state index contributed by atoms with van der Waals surface area (Å²) in [5.41, 5.74) is 2.13. The van der Waals surface area contributed by atoms with E-state index >= 15 is 0 Å². The minimum Gasteiger partial charge on any atom is -0.481 e. The van der Waals surface area contributed by atoms with Gasteiger partial charge in [0.1, 0.15) is 0 Å². The standard InChI is InChI=1S/C15H21NO3/c1-11-6-3-4-8-13(11)10-14(17)16-12(2)7-5-9-15(18)19/h3-4,6,8,12H,5,7,9-10H2,1-2H3,(H,16,17)(H,18,19). The van der Waals surface area contributed by atoms with Crippen molar-refractivity contribution in [2.75, 3.05) is 0 Å². The number of benzene rings is 1. The lowest BCUT2D eigenvalue weighted by Gasteiger charge is -2.14. The fourth-order valence-corrected chi connectivity index (χ4v) is 1.94. The van der Waals surface area contributed by atoms with E-state index in [-0.39, 0.29) is 18.4 Å². The zero-order chi connectivity index (χ0) is 14.3. The average molecular weight is 263 g/mol. The van der Waals surface area contributed by atoms with Crippen molar-refractivity contribution in [3.8, 4) is 0 Å². The first-order valence-electron chi connectivity index (χ1n) is 6.54. The van der Waals surface area contributed by atoms with Crippen LogP contribution in [0, 0.1) is 6.92 Å². The number of carbonyl (C=O) groups is 2. The number of carboxylic acids is 1. The Kier molecular flexibility index (Phi) is 6.06. The van der Waals surface area contributed by atoms with Crippen LogP contribution in [0.1, 0.15) is 37.3 Å². The molecule has 0 aliphatic heterocycles. The van der Waals surface area contributed by atoms with E-state index in [0.717, 1.165) is 11.1 Å². The maximum atomic E-state index is 11.8. The van der Waals surface area contributed by atoms with Crippen molar-refractivity contribution < 1.29 is 14.7 Å². The van der Waals surface area contributed by atoms with E-state index in [1.54, 1.807) is 0 Å². The summed E-state index contributed by atoms with van der Waals surface area (Å²) in [5.74, 6) is -0.810. The van der Waals surface area contributed by atoms with E-state index < -0.39 is 5.97 Å². The molecule has 104 valence electrons. The molecule has 0 spiro atoms. The molecule has 4 nitrogen and oxygen atoms in total. The lowest BCUT2D eigenvalue weighted by Crippen LogP contribution is -2.33. The van der Waals surface area contributed by atoms with Crippen LogP contribution in [0.4, 0.5) is 0 Å². The summed E-state index contributed by atoms with van der Waals surface area (Å²) in [4.78, 5) is 22.2. The number of amides is 1. The third-order valence-corrected chi connectivity index (χ3v) is 3.05. The lowest BCUT2D eigenvalue weighted by molar-refractivity contribution is -0.137. The van der Waals surface area contributed by atoms with Crippen molar-refractivity contribution in [2.24, 2.45) is 0 Å². The van der Waals surface area contributed by atoms with Crippen molar-refractivity contribution in [1.82, 2.24) is 5.32 Å². The number of hydrogen-bond acceptors (Lipinski definition) is 2. The highest BCUT2D eigenvalue weighted by Crippen LogP contribution is 2.08. The quantitative estimate of drug-likeness (QED) is 0.793. The van der Waals surface area contributed by atoms with Gasteiger partial charge in [0.25, 0.3) is 0 Å². The number of nitrogens with one attached hydrogen (secondary N) is 1. The Balaban J connectivity index is 2.35. The molecular weight excluding hydrogens is 242 g/mol. The van der Waals surface area contributed by atoms with Gasteiger partial charge in [0.2, 0.25) is 5.91 Å². The highest BCUT2D eigenvalue weighted by atomic mass is 16.4. The maximum absolute atomic E-state index is 11.8. The molecule has 1 aromatic rings. The Morgan fingerprint density at radius 3 is 2.63 bits per heavy atom. The second-order valence-corrected chi connectivity index (χ2v) is 4.86. The van der Waals surface area contributed by atoms with E-state index in [2.05, 4.69) is 5.32 Å². The zero-order valence-corrected chi connectivity index (χ0v) is 11.5. The van der Waals surface area contributed by atoms with Gasteiger partial charge in [-0.05, 0) is 37.8 Å². The molecule has 0 saturated heterocycles. The summed E-state index contributed by atoms with van der Waals surface area (Å²) in [6, 6.07) is 7.82. The van der Waals surface area contributed by atoms with Gasteiger partial charge in [-0.1, -0.05) is 24.3 Å². The first kappa shape index (κ1) is 15.2. The number of aryl methyl sites for hydroxylation is 1. The van der Waals surface area contributed by atoms with Crippen LogP contribution in [0.2, 0.25) is 0 Å². The molecule has 19 heavy (non-hydrogen) atoms. The highest BCUT2D eigenvalue weighted by molar-refractivity contribution is 5.79. The van der Waals surface area contributed by atoms with Crippen molar-refractivity contribution in [1.29, 1.82) is 0 Å². The minimum atomic E-state index is -0.793. The molecule has 0 saturated carbocycles. The number of hydrogen-bond donors (Lipinski definition) is 2. The molecule has 0 fully saturated rings. The van der Waals surface area contributed by atoms with E-state index in [0.29, 0.717) is 19.3 Å². The van der Waals surface area contributed by atoms with Crippen molar-refractivity contribution in [2.45, 2.75) is 45.6 Å². The van der Waals surface area contributed by atoms with Gasteiger partial charge >= 0.3 is 5.97 Å². The third-order valence-electron chi connectivity index (χ3n) is 3.05. The van der Waals surface area contributed by atoms with Gasteiger partial charge in [-0.3, -0.25) is 9.59 Å². The van der Waals surface area contributed by atoms with E-state index in [1.165, 1.54) is 0 Å². The average Bonchev–Trinajstić information content (AvgIpc) is 2.31. The smallest absolute Gasteiger partial charge is 0.303 e. The first-order chi connectivity index (χ1) is 8.99. The molecular formula is C15H21NO3. The minimum absolute atomic E-state index is 0.0101. The Bertz CT molecular complexity index is 443. The number of carbonyl (C=O) groups excluding carboxylic acids is 1. The van der Waals surface area contributed by atoms with Crippen LogP contribution in [-0.2, 0) is 16.0 Å².